The lowest BCUT2D eigenvalue weighted by Gasteiger charge is -2.43. The molecule has 2 N–H and O–H groups in total. The zero-order valence-corrected chi connectivity index (χ0v) is 14.8. The van der Waals surface area contributed by atoms with Gasteiger partial charge in [-0.2, -0.15) is 0 Å². The molecule has 20 heavy (non-hydrogen) atoms. The minimum Gasteiger partial charge on any atom is -0.330 e. The van der Waals surface area contributed by atoms with Crippen LogP contribution in [0.5, 0.6) is 0 Å². The molecular formula is C18H38N2. The first-order valence-electron chi connectivity index (χ1n) is 8.63. The average Bonchev–Trinajstić information content (AvgIpc) is 2.37. The number of nitrogens with zero attached hydrogens (tertiary/aromatic N) is 1. The van der Waals surface area contributed by atoms with Crippen molar-refractivity contribution in [2.75, 3.05) is 19.6 Å². The van der Waals surface area contributed by atoms with Crippen molar-refractivity contribution in [2.24, 2.45) is 22.5 Å². The molecule has 0 heterocycles. The molecule has 1 fully saturated rings. The highest BCUT2D eigenvalue weighted by atomic mass is 15.2. The van der Waals surface area contributed by atoms with Crippen LogP contribution in [-0.2, 0) is 0 Å². The Morgan fingerprint density at radius 3 is 1.95 bits per heavy atom. The molecule has 0 saturated heterocycles. The molecule has 0 unspecified atom stereocenters. The maximum Gasteiger partial charge on any atom is 0.00957 e. The van der Waals surface area contributed by atoms with Crippen molar-refractivity contribution in [3.63, 3.8) is 0 Å². The van der Waals surface area contributed by atoms with Gasteiger partial charge in [-0.1, -0.05) is 41.5 Å². The Bertz CT molecular complexity index is 270. The van der Waals surface area contributed by atoms with Crippen LogP contribution in [0.15, 0.2) is 0 Å². The zero-order chi connectivity index (χ0) is 15.4. The highest BCUT2D eigenvalue weighted by Crippen LogP contribution is 2.39. The third-order valence-electron chi connectivity index (χ3n) is 5.13. The van der Waals surface area contributed by atoms with Gasteiger partial charge >= 0.3 is 0 Å². The van der Waals surface area contributed by atoms with Crippen molar-refractivity contribution < 1.29 is 0 Å². The molecule has 0 spiro atoms. The second-order valence-electron chi connectivity index (χ2n) is 8.71. The maximum absolute atomic E-state index is 5.93. The molecule has 0 aliphatic heterocycles. The standard InChI is InChI=1S/C18H38N2/c1-7-12-20(14-18(5,6)13-19)16-10-8-15(9-11-16)17(2,3)4/h15-16H,7-14,19H2,1-6H3. The third kappa shape index (κ3) is 5.37. The predicted molar refractivity (Wildman–Crippen MR) is 89.9 cm³/mol. The van der Waals surface area contributed by atoms with E-state index in [1.165, 1.54) is 38.6 Å². The molecule has 1 aliphatic carbocycles. The van der Waals surface area contributed by atoms with Crippen LogP contribution < -0.4 is 5.73 Å². The summed E-state index contributed by atoms with van der Waals surface area (Å²) >= 11 is 0. The van der Waals surface area contributed by atoms with Crippen LogP contribution in [-0.4, -0.2) is 30.6 Å². The summed E-state index contributed by atoms with van der Waals surface area (Å²) < 4.78 is 0. The van der Waals surface area contributed by atoms with Crippen molar-refractivity contribution in [3.8, 4) is 0 Å². The molecule has 0 amide bonds. The molecule has 2 heteroatoms. The van der Waals surface area contributed by atoms with Gasteiger partial charge in [0.15, 0.2) is 0 Å². The molecule has 0 radical (unpaired) electrons. The first kappa shape index (κ1) is 18.0. The number of rotatable bonds is 6. The fraction of sp³-hybridized carbons (Fsp3) is 1.00. The summed E-state index contributed by atoms with van der Waals surface area (Å²) in [5, 5.41) is 0. The minimum atomic E-state index is 0.246. The van der Waals surface area contributed by atoms with Crippen molar-refractivity contribution in [2.45, 2.75) is 79.7 Å². The summed E-state index contributed by atoms with van der Waals surface area (Å²) in [5.74, 6) is 0.907. The van der Waals surface area contributed by atoms with Crippen LogP contribution in [0, 0.1) is 16.7 Å². The van der Waals surface area contributed by atoms with E-state index in [4.69, 9.17) is 5.73 Å². The van der Waals surface area contributed by atoms with E-state index in [0.717, 1.165) is 25.0 Å². The van der Waals surface area contributed by atoms with Gasteiger partial charge in [0.1, 0.15) is 0 Å². The van der Waals surface area contributed by atoms with E-state index in [-0.39, 0.29) is 5.41 Å². The van der Waals surface area contributed by atoms with Crippen molar-refractivity contribution in [1.82, 2.24) is 4.90 Å². The summed E-state index contributed by atoms with van der Waals surface area (Å²) in [6.07, 6.45) is 6.81. The van der Waals surface area contributed by atoms with Gasteiger partial charge in [0, 0.05) is 12.6 Å². The van der Waals surface area contributed by atoms with Gasteiger partial charge in [-0.25, -0.2) is 0 Å². The normalized spacial score (nSPS) is 25.2. The van der Waals surface area contributed by atoms with Crippen LogP contribution in [0.4, 0.5) is 0 Å². The van der Waals surface area contributed by atoms with Gasteiger partial charge < -0.3 is 5.73 Å². The second-order valence-corrected chi connectivity index (χ2v) is 8.71. The minimum absolute atomic E-state index is 0.246. The third-order valence-corrected chi connectivity index (χ3v) is 5.13. The molecular weight excluding hydrogens is 244 g/mol. The Morgan fingerprint density at radius 1 is 1.00 bits per heavy atom. The molecule has 1 aliphatic rings. The zero-order valence-electron chi connectivity index (χ0n) is 14.8. The van der Waals surface area contributed by atoms with E-state index in [0.29, 0.717) is 5.41 Å². The lowest BCUT2D eigenvalue weighted by molar-refractivity contribution is 0.0705. The van der Waals surface area contributed by atoms with Gasteiger partial charge in [0.05, 0.1) is 0 Å². The first-order chi connectivity index (χ1) is 9.19. The molecule has 0 bridgehead atoms. The van der Waals surface area contributed by atoms with E-state index in [2.05, 4.69) is 46.4 Å². The molecule has 0 aromatic carbocycles. The van der Waals surface area contributed by atoms with Gasteiger partial charge in [-0.15, -0.1) is 0 Å². The monoisotopic (exact) mass is 282 g/mol. The Hall–Kier alpha value is -0.0800. The topological polar surface area (TPSA) is 29.3 Å². The van der Waals surface area contributed by atoms with Gasteiger partial charge in [-0.05, 0) is 61.9 Å². The summed E-state index contributed by atoms with van der Waals surface area (Å²) in [5.41, 5.74) is 6.66. The molecule has 0 aromatic heterocycles. The van der Waals surface area contributed by atoms with Gasteiger partial charge in [0.25, 0.3) is 0 Å². The average molecular weight is 283 g/mol. The first-order valence-corrected chi connectivity index (χ1v) is 8.63. The van der Waals surface area contributed by atoms with E-state index in [1.54, 1.807) is 0 Å². The number of hydrogen-bond donors (Lipinski definition) is 1. The largest absolute Gasteiger partial charge is 0.330 e. The lowest BCUT2D eigenvalue weighted by atomic mass is 9.71. The molecule has 2 nitrogen and oxygen atoms in total. The van der Waals surface area contributed by atoms with Crippen LogP contribution in [0.1, 0.15) is 73.6 Å². The molecule has 1 saturated carbocycles. The summed E-state index contributed by atoms with van der Waals surface area (Å²) in [4.78, 5) is 2.73. The predicted octanol–water partition coefficient (Wildman–Crippen LogP) is 4.29. The van der Waals surface area contributed by atoms with Crippen molar-refractivity contribution >= 4 is 0 Å². The van der Waals surface area contributed by atoms with Crippen LogP contribution in [0.3, 0.4) is 0 Å². The molecule has 120 valence electrons. The molecule has 0 aromatic rings. The molecule has 0 atom stereocenters. The van der Waals surface area contributed by atoms with E-state index in [9.17, 15) is 0 Å². The Kier molecular flexibility index (Phi) is 6.53. The van der Waals surface area contributed by atoms with Crippen molar-refractivity contribution in [1.29, 1.82) is 0 Å². The fourth-order valence-electron chi connectivity index (χ4n) is 3.60. The number of nitrogens with two attached hydrogens (primary N) is 1. The summed E-state index contributed by atoms with van der Waals surface area (Å²) in [6.45, 7) is 17.3. The Labute approximate surface area is 127 Å². The molecule has 1 rings (SSSR count). The van der Waals surface area contributed by atoms with Gasteiger partial charge in [-0.3, -0.25) is 4.90 Å². The maximum atomic E-state index is 5.93. The Morgan fingerprint density at radius 2 is 1.55 bits per heavy atom. The van der Waals surface area contributed by atoms with Gasteiger partial charge in [0.2, 0.25) is 0 Å². The van der Waals surface area contributed by atoms with Crippen LogP contribution >= 0.6 is 0 Å². The quantitative estimate of drug-likeness (QED) is 0.787. The lowest BCUT2D eigenvalue weighted by Crippen LogP contribution is -2.46. The fourth-order valence-corrected chi connectivity index (χ4v) is 3.60. The smallest absolute Gasteiger partial charge is 0.00957 e. The van der Waals surface area contributed by atoms with Crippen molar-refractivity contribution in [3.05, 3.63) is 0 Å². The highest BCUT2D eigenvalue weighted by Gasteiger charge is 2.33. The van der Waals surface area contributed by atoms with E-state index >= 15 is 0 Å². The van der Waals surface area contributed by atoms with Crippen LogP contribution in [0.25, 0.3) is 0 Å². The van der Waals surface area contributed by atoms with E-state index < -0.39 is 0 Å². The number of hydrogen-bond acceptors (Lipinski definition) is 2. The summed E-state index contributed by atoms with van der Waals surface area (Å²) in [6, 6.07) is 0.791. The Balaban J connectivity index is 2.58. The second kappa shape index (κ2) is 7.26. The SMILES string of the molecule is CCCN(CC(C)(C)CN)C1CCC(C(C)(C)C)CC1. The highest BCUT2D eigenvalue weighted by molar-refractivity contribution is 4.86. The van der Waals surface area contributed by atoms with Crippen LogP contribution in [0.2, 0.25) is 0 Å². The van der Waals surface area contributed by atoms with E-state index in [1.807, 2.05) is 0 Å². The summed E-state index contributed by atoms with van der Waals surface area (Å²) in [7, 11) is 0.